The normalized spacial score (nSPS) is 14.4. The number of aromatic nitrogens is 3. The van der Waals surface area contributed by atoms with E-state index in [1.165, 1.54) is 15.6 Å². The molecule has 38 heavy (non-hydrogen) atoms. The first-order chi connectivity index (χ1) is 18.5. The molecular weight excluding hydrogens is 485 g/mol. The summed E-state index contributed by atoms with van der Waals surface area (Å²) in [5.41, 5.74) is 2.17. The van der Waals surface area contributed by atoms with Gasteiger partial charge in [-0.05, 0) is 37.1 Å². The van der Waals surface area contributed by atoms with Crippen LogP contribution in [0.2, 0.25) is 0 Å². The lowest BCUT2D eigenvalue weighted by molar-refractivity contribution is -0.142. The summed E-state index contributed by atoms with van der Waals surface area (Å²) in [6.45, 7) is -0.135. The number of amides is 2. The van der Waals surface area contributed by atoms with E-state index >= 15 is 4.39 Å². The molecular formula is C29H30FN5O3. The van der Waals surface area contributed by atoms with Crippen LogP contribution < -0.4 is 10.1 Å². The van der Waals surface area contributed by atoms with Crippen LogP contribution in [0.15, 0.2) is 72.8 Å². The zero-order valence-corrected chi connectivity index (χ0v) is 21.2. The molecule has 8 nitrogen and oxygen atoms in total. The Morgan fingerprint density at radius 1 is 1.05 bits per heavy atom. The number of fused-ring (bicyclic) bond motifs is 1. The van der Waals surface area contributed by atoms with Crippen LogP contribution in [-0.4, -0.2) is 44.9 Å². The topological polar surface area (TPSA) is 89.3 Å². The van der Waals surface area contributed by atoms with Crippen molar-refractivity contribution >= 4 is 22.8 Å². The number of benzene rings is 3. The van der Waals surface area contributed by atoms with Crippen molar-refractivity contribution in [2.24, 2.45) is 0 Å². The minimum absolute atomic E-state index is 0.000698. The third-order valence-electron chi connectivity index (χ3n) is 7.02. The van der Waals surface area contributed by atoms with Gasteiger partial charge in [0.05, 0.1) is 19.2 Å². The Morgan fingerprint density at radius 2 is 1.76 bits per heavy atom. The second kappa shape index (κ2) is 11.4. The molecule has 4 aromatic rings. The summed E-state index contributed by atoms with van der Waals surface area (Å²) in [5.74, 6) is -0.793. The van der Waals surface area contributed by atoms with E-state index in [-0.39, 0.29) is 24.7 Å². The van der Waals surface area contributed by atoms with E-state index in [2.05, 4.69) is 15.6 Å². The van der Waals surface area contributed by atoms with Crippen LogP contribution in [0.25, 0.3) is 11.0 Å². The molecule has 1 atom stereocenters. The van der Waals surface area contributed by atoms with Crippen LogP contribution >= 0.6 is 0 Å². The van der Waals surface area contributed by atoms with Gasteiger partial charge in [0.2, 0.25) is 11.8 Å². The molecule has 5 rings (SSSR count). The van der Waals surface area contributed by atoms with E-state index in [4.69, 9.17) is 4.74 Å². The maximum absolute atomic E-state index is 15.2. The van der Waals surface area contributed by atoms with Crippen LogP contribution in [0.1, 0.15) is 42.9 Å². The first-order valence-electron chi connectivity index (χ1n) is 12.8. The van der Waals surface area contributed by atoms with Gasteiger partial charge >= 0.3 is 0 Å². The molecule has 1 aliphatic rings. The molecule has 0 spiro atoms. The number of nitrogens with one attached hydrogen (secondary N) is 1. The van der Waals surface area contributed by atoms with Crippen molar-refractivity contribution in [2.75, 3.05) is 7.11 Å². The summed E-state index contributed by atoms with van der Waals surface area (Å²) in [4.78, 5) is 29.3. The fourth-order valence-electron chi connectivity index (χ4n) is 5.09. The summed E-state index contributed by atoms with van der Waals surface area (Å²) in [7, 11) is 1.55. The number of hydrogen-bond acceptors (Lipinski definition) is 5. The fraction of sp³-hybridized carbons (Fsp3) is 0.310. The predicted molar refractivity (Wildman–Crippen MR) is 141 cm³/mol. The fourth-order valence-corrected chi connectivity index (χ4v) is 5.09. The number of hydrogen-bond donors (Lipinski definition) is 1. The van der Waals surface area contributed by atoms with Gasteiger partial charge in [-0.2, -0.15) is 0 Å². The van der Waals surface area contributed by atoms with Crippen molar-refractivity contribution in [3.8, 4) is 5.75 Å². The van der Waals surface area contributed by atoms with Gasteiger partial charge in [-0.25, -0.2) is 9.07 Å². The van der Waals surface area contributed by atoms with Crippen molar-refractivity contribution in [3.63, 3.8) is 0 Å². The molecule has 9 heteroatoms. The Balaban J connectivity index is 1.56. The summed E-state index contributed by atoms with van der Waals surface area (Å²) in [6.07, 6.45) is 3.78. The number of halogens is 1. The van der Waals surface area contributed by atoms with E-state index in [1.807, 2.05) is 42.5 Å². The minimum atomic E-state index is -1.19. The summed E-state index contributed by atoms with van der Waals surface area (Å²) in [5, 5.41) is 11.4. The van der Waals surface area contributed by atoms with Gasteiger partial charge in [0.1, 0.15) is 29.7 Å². The molecule has 0 unspecified atom stereocenters. The molecule has 0 bridgehead atoms. The van der Waals surface area contributed by atoms with Crippen LogP contribution in [0, 0.1) is 5.82 Å². The van der Waals surface area contributed by atoms with Crippen LogP contribution in [-0.2, 0) is 22.7 Å². The Morgan fingerprint density at radius 3 is 2.55 bits per heavy atom. The van der Waals surface area contributed by atoms with Gasteiger partial charge in [-0.15, -0.1) is 5.10 Å². The molecule has 1 N–H and O–H groups in total. The van der Waals surface area contributed by atoms with E-state index in [0.29, 0.717) is 22.3 Å². The maximum Gasteiger partial charge on any atom is 0.247 e. The van der Waals surface area contributed by atoms with Crippen LogP contribution in [0.5, 0.6) is 5.75 Å². The van der Waals surface area contributed by atoms with Crippen molar-refractivity contribution in [2.45, 2.75) is 50.9 Å². The molecule has 0 radical (unpaired) electrons. The highest BCUT2D eigenvalue weighted by Crippen LogP contribution is 2.30. The first kappa shape index (κ1) is 25.4. The zero-order chi connectivity index (χ0) is 26.5. The molecule has 0 aliphatic heterocycles. The van der Waals surface area contributed by atoms with Gasteiger partial charge in [-0.1, -0.05) is 66.6 Å². The number of para-hydroxylation sites is 2. The molecule has 1 aromatic heterocycles. The van der Waals surface area contributed by atoms with E-state index < -0.39 is 23.7 Å². The number of carbonyl (C=O) groups excluding carboxylic acids is 2. The highest BCUT2D eigenvalue weighted by molar-refractivity contribution is 5.89. The highest BCUT2D eigenvalue weighted by atomic mass is 19.1. The summed E-state index contributed by atoms with van der Waals surface area (Å²) in [6, 6.07) is 19.5. The summed E-state index contributed by atoms with van der Waals surface area (Å²) >= 11 is 0. The highest BCUT2D eigenvalue weighted by Gasteiger charge is 2.35. The third-order valence-corrected chi connectivity index (χ3v) is 7.02. The average molecular weight is 516 g/mol. The maximum atomic E-state index is 15.2. The van der Waals surface area contributed by atoms with E-state index in [0.717, 1.165) is 25.7 Å². The van der Waals surface area contributed by atoms with Crippen molar-refractivity contribution in [1.29, 1.82) is 0 Å². The van der Waals surface area contributed by atoms with Crippen LogP contribution in [0.4, 0.5) is 4.39 Å². The first-order valence-corrected chi connectivity index (χ1v) is 12.8. The van der Waals surface area contributed by atoms with Crippen LogP contribution in [0.3, 0.4) is 0 Å². The lowest BCUT2D eigenvalue weighted by Crippen LogP contribution is -2.47. The lowest BCUT2D eigenvalue weighted by Gasteiger charge is -2.33. The largest absolute Gasteiger partial charge is 0.496 e. The lowest BCUT2D eigenvalue weighted by atomic mass is 10.0. The Labute approximate surface area is 220 Å². The molecule has 1 aliphatic carbocycles. The number of nitrogens with zero attached hydrogens (tertiary/aromatic N) is 4. The molecule has 1 saturated carbocycles. The molecule has 0 saturated heterocycles. The van der Waals surface area contributed by atoms with Crippen molar-refractivity contribution in [1.82, 2.24) is 25.2 Å². The Bertz CT molecular complexity index is 1430. The Kier molecular flexibility index (Phi) is 7.62. The third kappa shape index (κ3) is 5.37. The van der Waals surface area contributed by atoms with Gasteiger partial charge in [0.15, 0.2) is 0 Å². The minimum Gasteiger partial charge on any atom is -0.496 e. The van der Waals surface area contributed by atoms with Gasteiger partial charge in [-0.3, -0.25) is 9.59 Å². The average Bonchev–Trinajstić information content (AvgIpc) is 3.59. The SMILES string of the molecule is COc1ccccc1CN(C(=O)Cn1nnc2ccccc21)[C@@H](C(=O)NC1CCCC1)c1ccccc1F. The smallest absolute Gasteiger partial charge is 0.247 e. The monoisotopic (exact) mass is 515 g/mol. The number of carbonyl (C=O) groups is 2. The van der Waals surface area contributed by atoms with Gasteiger partial charge < -0.3 is 15.0 Å². The number of methoxy groups -OCH3 is 1. The summed E-state index contributed by atoms with van der Waals surface area (Å²) < 4.78 is 22.3. The second-order valence-electron chi connectivity index (χ2n) is 9.48. The van der Waals surface area contributed by atoms with Gasteiger partial charge in [0, 0.05) is 17.2 Å². The van der Waals surface area contributed by atoms with Gasteiger partial charge in [0.25, 0.3) is 0 Å². The molecule has 2 amide bonds. The predicted octanol–water partition coefficient (Wildman–Crippen LogP) is 4.41. The van der Waals surface area contributed by atoms with Crippen molar-refractivity contribution in [3.05, 3.63) is 89.7 Å². The van der Waals surface area contributed by atoms with Crippen molar-refractivity contribution < 1.29 is 18.7 Å². The standard InChI is InChI=1S/C29H30FN5O3/c1-38-26-17-9-2-10-20(26)18-34(27(36)19-35-25-16-8-7-15-24(25)32-33-35)28(22-13-5-6-14-23(22)30)29(37)31-21-11-3-4-12-21/h2,5-10,13-17,21,28H,3-4,11-12,18-19H2,1H3,(H,31,37)/t28-/m1/s1. The molecule has 1 heterocycles. The second-order valence-corrected chi connectivity index (χ2v) is 9.48. The molecule has 3 aromatic carbocycles. The van der Waals surface area contributed by atoms with E-state index in [1.54, 1.807) is 31.4 Å². The Hall–Kier alpha value is -4.27. The zero-order valence-electron chi connectivity index (χ0n) is 21.2. The molecule has 1 fully saturated rings. The number of ether oxygens (including phenoxy) is 1. The molecule has 196 valence electrons. The quantitative estimate of drug-likeness (QED) is 0.357. The van der Waals surface area contributed by atoms with E-state index in [9.17, 15) is 9.59 Å². The number of rotatable bonds is 9.